The van der Waals surface area contributed by atoms with E-state index in [0.29, 0.717) is 30.7 Å². The highest BCUT2D eigenvalue weighted by Crippen LogP contribution is 2.44. The Morgan fingerprint density at radius 2 is 2.00 bits per heavy atom. The van der Waals surface area contributed by atoms with Gasteiger partial charge in [0, 0.05) is 11.6 Å². The van der Waals surface area contributed by atoms with E-state index in [9.17, 15) is 4.79 Å². The first-order valence-electron chi connectivity index (χ1n) is 7.64. The Hall–Kier alpha value is -1.06. The summed E-state index contributed by atoms with van der Waals surface area (Å²) in [5.41, 5.74) is 0.865. The third kappa shape index (κ3) is 3.09. The number of hydrogen-bond donors (Lipinski definition) is 0. The lowest BCUT2D eigenvalue weighted by Gasteiger charge is -2.43. The first-order chi connectivity index (χ1) is 9.99. The number of halogens is 1. The van der Waals surface area contributed by atoms with Gasteiger partial charge in [-0.05, 0) is 50.3 Å². The molecule has 0 radical (unpaired) electrons. The van der Waals surface area contributed by atoms with E-state index >= 15 is 0 Å². The van der Waals surface area contributed by atoms with E-state index in [1.165, 1.54) is 0 Å². The van der Waals surface area contributed by atoms with Gasteiger partial charge in [-0.25, -0.2) is 0 Å². The summed E-state index contributed by atoms with van der Waals surface area (Å²) in [5, 5.41) is 0.715. The number of nitrogens with zero attached hydrogens (tertiary/aromatic N) is 1. The Kier molecular flexibility index (Phi) is 3.98. The van der Waals surface area contributed by atoms with Crippen LogP contribution in [0.1, 0.15) is 38.2 Å². The first kappa shape index (κ1) is 14.9. The number of ether oxygens (including phenoxy) is 1. The number of morpholine rings is 1. The van der Waals surface area contributed by atoms with Crippen LogP contribution in [-0.4, -0.2) is 36.1 Å². The molecule has 21 heavy (non-hydrogen) atoms. The van der Waals surface area contributed by atoms with Gasteiger partial charge in [0.15, 0.2) is 0 Å². The molecule has 3 nitrogen and oxygen atoms in total. The fourth-order valence-corrected chi connectivity index (χ4v) is 3.28. The van der Waals surface area contributed by atoms with E-state index in [1.54, 1.807) is 0 Å². The van der Waals surface area contributed by atoms with Gasteiger partial charge >= 0.3 is 0 Å². The highest BCUT2D eigenvalue weighted by molar-refractivity contribution is 6.30. The molecule has 4 heteroatoms. The minimum Gasteiger partial charge on any atom is -0.377 e. The van der Waals surface area contributed by atoms with Gasteiger partial charge in [-0.1, -0.05) is 23.7 Å². The summed E-state index contributed by atoms with van der Waals surface area (Å²) in [4.78, 5) is 15.1. The van der Waals surface area contributed by atoms with Crippen molar-refractivity contribution < 1.29 is 9.53 Å². The summed E-state index contributed by atoms with van der Waals surface area (Å²) >= 11 is 5.97. The maximum absolute atomic E-state index is 13.1. The van der Waals surface area contributed by atoms with Crippen LogP contribution in [0.3, 0.4) is 0 Å². The zero-order chi connectivity index (χ0) is 15.0. The van der Waals surface area contributed by atoms with E-state index < -0.39 is 0 Å². The largest absolute Gasteiger partial charge is 0.377 e. The molecule has 1 atom stereocenters. The van der Waals surface area contributed by atoms with E-state index in [-0.39, 0.29) is 17.4 Å². The smallest absolute Gasteiger partial charge is 0.230 e. The molecule has 0 aromatic heterocycles. The summed E-state index contributed by atoms with van der Waals surface area (Å²) in [6, 6.07) is 7.75. The summed E-state index contributed by atoms with van der Waals surface area (Å²) < 4.78 is 5.53. The van der Waals surface area contributed by atoms with Gasteiger partial charge in [0.25, 0.3) is 0 Å². The molecule has 0 spiro atoms. The van der Waals surface area contributed by atoms with Gasteiger partial charge in [0.1, 0.15) is 0 Å². The Morgan fingerprint density at radius 3 is 2.57 bits per heavy atom. The molecule has 1 aliphatic carbocycles. The fraction of sp³-hybridized carbons (Fsp3) is 0.588. The van der Waals surface area contributed by atoms with Gasteiger partial charge in [-0.15, -0.1) is 0 Å². The molecule has 1 amide bonds. The summed E-state index contributed by atoms with van der Waals surface area (Å²) in [7, 11) is 0. The molecular weight excluding hydrogens is 286 g/mol. The second kappa shape index (κ2) is 5.62. The quantitative estimate of drug-likeness (QED) is 0.856. The number of rotatable bonds is 3. The van der Waals surface area contributed by atoms with Gasteiger partial charge in [-0.3, -0.25) is 4.79 Å². The van der Waals surface area contributed by atoms with Crippen molar-refractivity contribution in [3.05, 3.63) is 34.9 Å². The number of hydrogen-bond acceptors (Lipinski definition) is 2. The average Bonchev–Trinajstić information content (AvgIpc) is 3.25. The molecule has 1 saturated carbocycles. The lowest BCUT2D eigenvalue weighted by molar-refractivity contribution is -0.148. The van der Waals surface area contributed by atoms with Gasteiger partial charge in [0.05, 0.1) is 24.7 Å². The molecule has 114 valence electrons. The van der Waals surface area contributed by atoms with Crippen molar-refractivity contribution >= 4 is 17.5 Å². The van der Waals surface area contributed by atoms with Crippen LogP contribution in [0.25, 0.3) is 0 Å². The Labute approximate surface area is 131 Å². The highest BCUT2D eigenvalue weighted by atomic mass is 35.5. The van der Waals surface area contributed by atoms with Crippen LogP contribution in [0.5, 0.6) is 0 Å². The van der Waals surface area contributed by atoms with Crippen LogP contribution in [0, 0.1) is 5.92 Å². The van der Waals surface area contributed by atoms with E-state index in [4.69, 9.17) is 16.3 Å². The fourth-order valence-electron chi connectivity index (χ4n) is 3.15. The van der Waals surface area contributed by atoms with Crippen molar-refractivity contribution in [1.82, 2.24) is 4.90 Å². The van der Waals surface area contributed by atoms with E-state index in [1.807, 2.05) is 29.2 Å². The zero-order valence-electron chi connectivity index (χ0n) is 12.6. The van der Waals surface area contributed by atoms with E-state index in [0.717, 1.165) is 18.4 Å². The van der Waals surface area contributed by atoms with Crippen molar-refractivity contribution in [2.75, 3.05) is 19.8 Å². The van der Waals surface area contributed by atoms with Crippen LogP contribution >= 0.6 is 11.6 Å². The van der Waals surface area contributed by atoms with Crippen LogP contribution < -0.4 is 0 Å². The summed E-state index contributed by atoms with van der Waals surface area (Å²) in [6.45, 7) is 6.08. The Bertz CT molecular complexity index is 522. The van der Waals surface area contributed by atoms with Crippen molar-refractivity contribution in [3.63, 3.8) is 0 Å². The van der Waals surface area contributed by atoms with Gasteiger partial charge in [0.2, 0.25) is 5.91 Å². The SMILES string of the molecule is CC1(C)COCCN1C(=O)C(c1ccc(Cl)cc1)C1CC1. The monoisotopic (exact) mass is 307 g/mol. The number of carbonyl (C=O) groups is 1. The number of benzene rings is 1. The number of amides is 1. The van der Waals surface area contributed by atoms with Crippen LogP contribution in [0.2, 0.25) is 5.02 Å². The third-order valence-electron chi connectivity index (χ3n) is 4.50. The van der Waals surface area contributed by atoms with Gasteiger partial charge < -0.3 is 9.64 Å². The molecule has 0 N–H and O–H groups in total. The second-order valence-electron chi connectivity index (χ2n) is 6.72. The van der Waals surface area contributed by atoms with Crippen LogP contribution in [0.4, 0.5) is 0 Å². The van der Waals surface area contributed by atoms with Crippen LogP contribution in [0.15, 0.2) is 24.3 Å². The standard InChI is InChI=1S/C17H22ClNO2/c1-17(2)11-21-10-9-19(17)16(20)15(12-3-4-12)13-5-7-14(18)8-6-13/h5-8,12,15H,3-4,9-11H2,1-2H3. The average molecular weight is 308 g/mol. The minimum atomic E-state index is -0.227. The lowest BCUT2D eigenvalue weighted by atomic mass is 9.90. The first-order valence-corrected chi connectivity index (χ1v) is 8.01. The normalized spacial score (nSPS) is 22.9. The maximum atomic E-state index is 13.1. The second-order valence-corrected chi connectivity index (χ2v) is 7.16. The molecule has 1 unspecified atom stereocenters. The molecule has 1 heterocycles. The summed E-state index contributed by atoms with van der Waals surface area (Å²) in [5.74, 6) is 0.699. The van der Waals surface area contributed by atoms with Gasteiger partial charge in [-0.2, -0.15) is 0 Å². The lowest BCUT2D eigenvalue weighted by Crippen LogP contribution is -2.56. The molecular formula is C17H22ClNO2. The molecule has 1 saturated heterocycles. The molecule has 1 aromatic carbocycles. The molecule has 2 fully saturated rings. The predicted molar refractivity (Wildman–Crippen MR) is 83.5 cm³/mol. The molecule has 2 aliphatic rings. The Morgan fingerprint density at radius 1 is 1.33 bits per heavy atom. The minimum absolute atomic E-state index is 0.0281. The maximum Gasteiger partial charge on any atom is 0.230 e. The van der Waals surface area contributed by atoms with Crippen molar-refractivity contribution in [2.45, 2.75) is 38.1 Å². The summed E-state index contributed by atoms with van der Waals surface area (Å²) in [6.07, 6.45) is 2.29. The Balaban J connectivity index is 1.87. The topological polar surface area (TPSA) is 29.5 Å². The molecule has 1 aliphatic heterocycles. The predicted octanol–water partition coefficient (Wildman–Crippen LogP) is 3.47. The molecule has 0 bridgehead atoms. The van der Waals surface area contributed by atoms with Crippen molar-refractivity contribution in [2.24, 2.45) is 5.92 Å². The highest BCUT2D eigenvalue weighted by Gasteiger charge is 2.43. The van der Waals surface area contributed by atoms with Crippen molar-refractivity contribution in [1.29, 1.82) is 0 Å². The van der Waals surface area contributed by atoms with Crippen LogP contribution in [-0.2, 0) is 9.53 Å². The molecule has 3 rings (SSSR count). The zero-order valence-corrected chi connectivity index (χ0v) is 13.4. The third-order valence-corrected chi connectivity index (χ3v) is 4.75. The van der Waals surface area contributed by atoms with E-state index in [2.05, 4.69) is 13.8 Å². The van der Waals surface area contributed by atoms with Crippen molar-refractivity contribution in [3.8, 4) is 0 Å². The molecule has 1 aromatic rings. The number of carbonyl (C=O) groups excluding carboxylic acids is 1.